The van der Waals surface area contributed by atoms with E-state index in [1.165, 1.54) is 0 Å². The van der Waals surface area contributed by atoms with Crippen LogP contribution in [0.4, 0.5) is 0 Å². The largest absolute Gasteiger partial charge is 0.348 e. The van der Waals surface area contributed by atoms with E-state index in [2.05, 4.69) is 29.4 Å². The average Bonchev–Trinajstić information content (AvgIpc) is 3.51. The third-order valence-electron chi connectivity index (χ3n) is 9.62. The number of benzene rings is 1. The monoisotopic (exact) mass is 637 g/mol. The van der Waals surface area contributed by atoms with Crippen molar-refractivity contribution in [2.45, 2.75) is 131 Å². The number of nitrogens with one attached hydrogen (secondary N) is 2. The molecule has 5 atom stereocenters. The minimum Gasteiger partial charge on any atom is -0.348 e. The van der Waals surface area contributed by atoms with Gasteiger partial charge >= 0.3 is 0 Å². The second-order valence-corrected chi connectivity index (χ2v) is 15.0. The summed E-state index contributed by atoms with van der Waals surface area (Å²) in [5, 5.41) is 6.23. The van der Waals surface area contributed by atoms with Crippen molar-refractivity contribution in [2.75, 3.05) is 20.1 Å². The van der Waals surface area contributed by atoms with E-state index in [4.69, 9.17) is 0 Å². The molecule has 3 rings (SSSR count). The first-order valence-electron chi connectivity index (χ1n) is 17.2. The highest BCUT2D eigenvalue weighted by molar-refractivity contribution is 5.97. The number of piperidine rings is 1. The summed E-state index contributed by atoms with van der Waals surface area (Å²) >= 11 is 0. The molecule has 2 N–H and O–H groups in total. The molecule has 0 bridgehead atoms. The van der Waals surface area contributed by atoms with Crippen molar-refractivity contribution in [3.05, 3.63) is 47.5 Å². The zero-order chi connectivity index (χ0) is 34.3. The predicted octanol–water partition coefficient (Wildman–Crippen LogP) is 5.08. The third kappa shape index (κ3) is 9.20. The van der Waals surface area contributed by atoms with Gasteiger partial charge in [0.05, 0.1) is 18.1 Å². The van der Waals surface area contributed by atoms with Crippen LogP contribution in [0, 0.1) is 11.3 Å². The SMILES string of the molecule is C/C(=C\[C@H](C(C)C)N(C)C(=O)C(NC(=O)C1CCCCN1C(C)C)C(C)(C)C)C(=O)N1CCC[C@H]1C(=O)N[C@H](C)c1ccccc1. The molecule has 1 aromatic carbocycles. The molecule has 0 aliphatic carbocycles. The molecule has 256 valence electrons. The van der Waals surface area contributed by atoms with Crippen molar-refractivity contribution in [3.8, 4) is 0 Å². The lowest BCUT2D eigenvalue weighted by Gasteiger charge is -2.41. The van der Waals surface area contributed by atoms with Gasteiger partial charge < -0.3 is 20.4 Å². The molecule has 2 unspecified atom stereocenters. The fourth-order valence-electron chi connectivity index (χ4n) is 6.81. The molecule has 9 nitrogen and oxygen atoms in total. The summed E-state index contributed by atoms with van der Waals surface area (Å²) in [6, 6.07) is 7.95. The van der Waals surface area contributed by atoms with Crippen molar-refractivity contribution in [1.29, 1.82) is 0 Å². The quantitative estimate of drug-likeness (QED) is 0.330. The number of rotatable bonds is 11. The lowest BCUT2D eigenvalue weighted by molar-refractivity contribution is -0.142. The second kappa shape index (κ2) is 16.1. The van der Waals surface area contributed by atoms with E-state index in [0.29, 0.717) is 18.5 Å². The predicted molar refractivity (Wildman–Crippen MR) is 184 cm³/mol. The molecule has 0 aromatic heterocycles. The Morgan fingerprint density at radius 2 is 1.48 bits per heavy atom. The minimum atomic E-state index is -0.732. The summed E-state index contributed by atoms with van der Waals surface area (Å²) in [6.07, 6.45) is 6.07. The Hall–Kier alpha value is -3.20. The number of amides is 4. The lowest BCUT2D eigenvalue weighted by Crippen LogP contribution is -2.60. The zero-order valence-electron chi connectivity index (χ0n) is 29.9. The van der Waals surface area contributed by atoms with Gasteiger partial charge in [0.2, 0.25) is 23.6 Å². The standard InChI is InChI=1S/C37H59N5O4/c1-24(2)31(40(10)36(46)32(37(7,8)9)39-34(44)29-19-14-15-21-41(29)25(3)4)23-26(5)35(45)42-22-16-20-30(42)33(43)38-27(6)28-17-12-11-13-18-28/h11-13,17-18,23-25,27,29-32H,14-16,19-22H2,1-10H3,(H,38,43)(H,39,44)/b26-23+/t27-,29?,30+,31-,32?/m1/s1. The molecular formula is C37H59N5O4. The van der Waals surface area contributed by atoms with E-state index >= 15 is 0 Å². The van der Waals surface area contributed by atoms with Gasteiger partial charge in [0, 0.05) is 25.2 Å². The number of nitrogens with zero attached hydrogens (tertiary/aromatic N) is 3. The smallest absolute Gasteiger partial charge is 0.249 e. The van der Waals surface area contributed by atoms with Crippen LogP contribution in [0.2, 0.25) is 0 Å². The normalized spacial score (nSPS) is 21.6. The van der Waals surface area contributed by atoms with E-state index in [-0.39, 0.29) is 53.7 Å². The minimum absolute atomic E-state index is 0.00666. The topological polar surface area (TPSA) is 102 Å². The van der Waals surface area contributed by atoms with Gasteiger partial charge in [-0.1, -0.05) is 77.4 Å². The lowest BCUT2D eigenvalue weighted by atomic mass is 9.84. The van der Waals surface area contributed by atoms with Crippen molar-refractivity contribution in [3.63, 3.8) is 0 Å². The highest BCUT2D eigenvalue weighted by Gasteiger charge is 2.40. The highest BCUT2D eigenvalue weighted by Crippen LogP contribution is 2.27. The van der Waals surface area contributed by atoms with Gasteiger partial charge in [-0.05, 0) is 76.8 Å². The van der Waals surface area contributed by atoms with Crippen LogP contribution in [-0.2, 0) is 19.2 Å². The highest BCUT2D eigenvalue weighted by atomic mass is 16.2. The van der Waals surface area contributed by atoms with Crippen molar-refractivity contribution < 1.29 is 19.2 Å². The van der Waals surface area contributed by atoms with Gasteiger partial charge in [-0.25, -0.2) is 0 Å². The Labute approximate surface area is 277 Å². The number of likely N-dealkylation sites (tertiary alicyclic amines) is 2. The van der Waals surface area contributed by atoms with Crippen molar-refractivity contribution in [1.82, 2.24) is 25.3 Å². The zero-order valence-corrected chi connectivity index (χ0v) is 29.9. The molecular weight excluding hydrogens is 578 g/mol. The first-order chi connectivity index (χ1) is 21.5. The van der Waals surface area contributed by atoms with Crippen molar-refractivity contribution >= 4 is 23.6 Å². The fourth-order valence-corrected chi connectivity index (χ4v) is 6.81. The van der Waals surface area contributed by atoms with Gasteiger partial charge in [-0.2, -0.15) is 0 Å². The molecule has 2 fully saturated rings. The first kappa shape index (κ1) is 37.3. The first-order valence-corrected chi connectivity index (χ1v) is 17.2. The van der Waals surface area contributed by atoms with E-state index in [1.54, 1.807) is 23.8 Å². The summed E-state index contributed by atoms with van der Waals surface area (Å²) in [5.74, 6) is -0.620. The summed E-state index contributed by atoms with van der Waals surface area (Å²) < 4.78 is 0. The Morgan fingerprint density at radius 1 is 0.870 bits per heavy atom. The van der Waals surface area contributed by atoms with Gasteiger partial charge in [0.1, 0.15) is 12.1 Å². The Kier molecular flexibility index (Phi) is 13.0. The Morgan fingerprint density at radius 3 is 2.07 bits per heavy atom. The number of likely N-dealkylation sites (N-methyl/N-ethyl adjacent to an activating group) is 1. The van der Waals surface area contributed by atoms with Crippen LogP contribution >= 0.6 is 0 Å². The Balaban J connectivity index is 1.76. The number of hydrogen-bond donors (Lipinski definition) is 2. The molecule has 46 heavy (non-hydrogen) atoms. The maximum Gasteiger partial charge on any atom is 0.249 e. The molecule has 2 saturated heterocycles. The molecule has 2 aliphatic heterocycles. The number of hydrogen-bond acceptors (Lipinski definition) is 5. The van der Waals surface area contributed by atoms with Crippen LogP contribution in [0.1, 0.15) is 106 Å². The van der Waals surface area contributed by atoms with Gasteiger partial charge in [-0.15, -0.1) is 0 Å². The van der Waals surface area contributed by atoms with Crippen LogP contribution in [0.3, 0.4) is 0 Å². The van der Waals surface area contributed by atoms with Gasteiger partial charge in [-0.3, -0.25) is 24.1 Å². The summed E-state index contributed by atoms with van der Waals surface area (Å²) in [7, 11) is 1.75. The van der Waals surface area contributed by atoms with Crippen molar-refractivity contribution in [2.24, 2.45) is 11.3 Å². The maximum atomic E-state index is 14.2. The van der Waals surface area contributed by atoms with Gasteiger partial charge in [0.15, 0.2) is 0 Å². The molecule has 4 amide bonds. The van der Waals surface area contributed by atoms with Crippen LogP contribution in [0.25, 0.3) is 0 Å². The number of carbonyl (C=O) groups excluding carboxylic acids is 4. The molecule has 2 aliphatic rings. The summed E-state index contributed by atoms with van der Waals surface area (Å²) in [5.41, 5.74) is 0.984. The number of carbonyl (C=O) groups is 4. The molecule has 0 radical (unpaired) electrons. The molecule has 0 saturated carbocycles. The van der Waals surface area contributed by atoms with Crippen LogP contribution in [0.5, 0.6) is 0 Å². The third-order valence-corrected chi connectivity index (χ3v) is 9.62. The second-order valence-electron chi connectivity index (χ2n) is 15.0. The average molecular weight is 638 g/mol. The summed E-state index contributed by atoms with van der Waals surface area (Å²) in [6.45, 7) is 19.3. The van der Waals surface area contributed by atoms with Crippen LogP contribution < -0.4 is 10.6 Å². The maximum absolute atomic E-state index is 14.2. The molecule has 9 heteroatoms. The fraction of sp³-hybridized carbons (Fsp3) is 0.676. The van der Waals surface area contributed by atoms with Gasteiger partial charge in [0.25, 0.3) is 0 Å². The Bertz CT molecular complexity index is 1240. The summed E-state index contributed by atoms with van der Waals surface area (Å²) in [4.78, 5) is 60.4. The van der Waals surface area contributed by atoms with Crippen LogP contribution in [-0.4, -0.2) is 88.7 Å². The van der Waals surface area contributed by atoms with Crippen LogP contribution in [0.15, 0.2) is 42.0 Å². The van der Waals surface area contributed by atoms with E-state index in [1.807, 2.05) is 78.0 Å². The molecule has 0 spiro atoms. The molecule has 2 heterocycles. The van der Waals surface area contributed by atoms with E-state index < -0.39 is 17.5 Å². The molecule has 1 aromatic rings. The van der Waals surface area contributed by atoms with E-state index in [0.717, 1.165) is 37.8 Å². The van der Waals surface area contributed by atoms with E-state index in [9.17, 15) is 19.2 Å².